The van der Waals surface area contributed by atoms with Crippen LogP contribution in [0.5, 0.6) is 0 Å². The molecule has 0 saturated carbocycles. The third kappa shape index (κ3) is 0.729. The summed E-state index contributed by atoms with van der Waals surface area (Å²) in [4.78, 5) is 0. The summed E-state index contributed by atoms with van der Waals surface area (Å²) >= 11 is 0. The summed E-state index contributed by atoms with van der Waals surface area (Å²) in [5.74, 6) is 0.389. The molecule has 0 amide bonds. The molecule has 0 spiro atoms. The van der Waals surface area contributed by atoms with Gasteiger partial charge in [-0.3, -0.25) is 0 Å². The summed E-state index contributed by atoms with van der Waals surface area (Å²) in [5, 5.41) is 8.76. The lowest BCUT2D eigenvalue weighted by molar-refractivity contribution is 0.292. The van der Waals surface area contributed by atoms with E-state index in [9.17, 15) is 0 Å². The van der Waals surface area contributed by atoms with Gasteiger partial charge in [0.05, 0.1) is 6.26 Å². The van der Waals surface area contributed by atoms with Crippen LogP contribution >= 0.6 is 0 Å². The first-order valence-electron chi connectivity index (χ1n) is 2.22. The maximum absolute atomic E-state index is 8.76. The number of hydrogen-bond donors (Lipinski definition) is 1. The zero-order chi connectivity index (χ0) is 5.98. The highest BCUT2D eigenvalue weighted by molar-refractivity contribution is 5.24. The molecule has 0 aromatic carbocycles. The van der Waals surface area contributed by atoms with Gasteiger partial charge in [0.15, 0.2) is 11.5 Å². The van der Waals surface area contributed by atoms with E-state index in [-0.39, 0.29) is 5.76 Å². The van der Waals surface area contributed by atoms with E-state index >= 15 is 0 Å². The number of hydrogen-bond acceptors (Lipinski definition) is 2. The maximum atomic E-state index is 8.76. The summed E-state index contributed by atoms with van der Waals surface area (Å²) in [6.07, 6.45) is 4.58. The fraction of sp³-hybridized carbons (Fsp3) is 0. The highest BCUT2D eigenvalue weighted by atomic mass is 16.5. The molecule has 1 rings (SSSR count). The molecule has 1 heterocycles. The van der Waals surface area contributed by atoms with Crippen LogP contribution in [0, 0.1) is 0 Å². The van der Waals surface area contributed by atoms with Crippen molar-refractivity contribution in [2.45, 2.75) is 0 Å². The Bertz CT molecular complexity index is 165. The number of rotatable bonds is 0. The average Bonchev–Trinajstić information content (AvgIpc) is 1.77. The second-order valence-electron chi connectivity index (χ2n) is 1.42. The van der Waals surface area contributed by atoms with Gasteiger partial charge in [-0.15, -0.1) is 0 Å². The molecular weight excluding hydrogens is 104 g/mol. The predicted molar refractivity (Wildman–Crippen MR) is 30.1 cm³/mol. The lowest BCUT2D eigenvalue weighted by atomic mass is 10.3. The largest absolute Gasteiger partial charge is 0.504 e. The highest BCUT2D eigenvalue weighted by Gasteiger charge is 2.00. The van der Waals surface area contributed by atoms with Crippen molar-refractivity contribution in [3.8, 4) is 0 Å². The number of aliphatic hydroxyl groups is 1. The minimum Gasteiger partial charge on any atom is -0.504 e. The van der Waals surface area contributed by atoms with Crippen molar-refractivity contribution in [2.24, 2.45) is 0 Å². The van der Waals surface area contributed by atoms with E-state index in [1.165, 1.54) is 12.3 Å². The first-order chi connectivity index (χ1) is 3.80. The van der Waals surface area contributed by atoms with Crippen LogP contribution < -0.4 is 0 Å². The summed E-state index contributed by atoms with van der Waals surface area (Å²) < 4.78 is 4.70. The topological polar surface area (TPSA) is 29.5 Å². The summed E-state index contributed by atoms with van der Waals surface area (Å²) in [6.45, 7) is 3.40. The molecule has 0 aromatic rings. The zero-order valence-corrected chi connectivity index (χ0v) is 4.29. The lowest BCUT2D eigenvalue weighted by Crippen LogP contribution is -1.91. The van der Waals surface area contributed by atoms with E-state index in [1.807, 2.05) is 0 Å². The molecule has 0 saturated heterocycles. The summed E-state index contributed by atoms with van der Waals surface area (Å²) in [6, 6.07) is 0. The zero-order valence-electron chi connectivity index (χ0n) is 4.29. The van der Waals surface area contributed by atoms with E-state index in [1.54, 1.807) is 6.08 Å². The number of aliphatic hydroxyl groups excluding tert-OH is 1. The van der Waals surface area contributed by atoms with Gasteiger partial charge in [-0.2, -0.15) is 0 Å². The normalized spacial score (nSPS) is 17.5. The van der Waals surface area contributed by atoms with E-state index in [0.717, 1.165) is 0 Å². The molecule has 8 heavy (non-hydrogen) atoms. The van der Waals surface area contributed by atoms with E-state index in [4.69, 9.17) is 9.84 Å². The van der Waals surface area contributed by atoms with E-state index < -0.39 is 0 Å². The second-order valence-corrected chi connectivity index (χ2v) is 1.42. The van der Waals surface area contributed by atoms with Gasteiger partial charge in [0.25, 0.3) is 0 Å². The van der Waals surface area contributed by atoms with Gasteiger partial charge < -0.3 is 9.84 Å². The summed E-state index contributed by atoms with van der Waals surface area (Å²) in [7, 11) is 0. The average molecular weight is 110 g/mol. The third-order valence-corrected chi connectivity index (χ3v) is 0.829. The minimum absolute atomic E-state index is 0.0903. The van der Waals surface area contributed by atoms with Gasteiger partial charge in [-0.1, -0.05) is 6.58 Å². The molecule has 0 bridgehead atoms. The van der Waals surface area contributed by atoms with Crippen molar-refractivity contribution in [1.29, 1.82) is 0 Å². The maximum Gasteiger partial charge on any atom is 0.160 e. The minimum atomic E-state index is 0.0903. The van der Waals surface area contributed by atoms with Crippen LogP contribution in [-0.2, 0) is 4.74 Å². The Kier molecular flexibility index (Phi) is 1.08. The van der Waals surface area contributed by atoms with Gasteiger partial charge in [0, 0.05) is 0 Å². The molecule has 1 N–H and O–H groups in total. The first-order valence-corrected chi connectivity index (χ1v) is 2.22. The fourth-order valence-corrected chi connectivity index (χ4v) is 0.405. The van der Waals surface area contributed by atoms with Gasteiger partial charge in [-0.05, 0) is 12.2 Å². The Morgan fingerprint density at radius 3 is 2.75 bits per heavy atom. The Morgan fingerprint density at radius 1 is 1.62 bits per heavy atom. The van der Waals surface area contributed by atoms with Crippen LogP contribution in [0.15, 0.2) is 36.5 Å². The standard InChI is InChI=1S/C6H6O2/c1-5-6(7)3-2-4-8-5/h2-4,7H,1H2. The van der Waals surface area contributed by atoms with Crippen molar-refractivity contribution in [3.63, 3.8) is 0 Å². The van der Waals surface area contributed by atoms with Crippen LogP contribution in [-0.4, -0.2) is 5.11 Å². The molecule has 2 nitrogen and oxygen atoms in total. The van der Waals surface area contributed by atoms with Crippen molar-refractivity contribution in [3.05, 3.63) is 36.5 Å². The van der Waals surface area contributed by atoms with Crippen LogP contribution in [0.2, 0.25) is 0 Å². The van der Waals surface area contributed by atoms with Crippen LogP contribution in [0.1, 0.15) is 0 Å². The van der Waals surface area contributed by atoms with Crippen LogP contribution in [0.3, 0.4) is 0 Å². The molecule has 0 radical (unpaired) electrons. The molecule has 0 aromatic heterocycles. The molecule has 42 valence electrons. The molecule has 2 heteroatoms. The van der Waals surface area contributed by atoms with E-state index in [0.29, 0.717) is 5.76 Å². The monoisotopic (exact) mass is 110 g/mol. The van der Waals surface area contributed by atoms with Crippen molar-refractivity contribution in [2.75, 3.05) is 0 Å². The van der Waals surface area contributed by atoms with Crippen molar-refractivity contribution in [1.82, 2.24) is 0 Å². The Balaban J connectivity index is 2.80. The van der Waals surface area contributed by atoms with Gasteiger partial charge in [-0.25, -0.2) is 0 Å². The number of allylic oxidation sites excluding steroid dienone is 2. The van der Waals surface area contributed by atoms with Crippen molar-refractivity contribution < 1.29 is 9.84 Å². The van der Waals surface area contributed by atoms with Crippen LogP contribution in [0.4, 0.5) is 0 Å². The molecule has 0 aliphatic carbocycles. The first kappa shape index (κ1) is 4.97. The molecule has 0 atom stereocenters. The van der Waals surface area contributed by atoms with Gasteiger partial charge in [0.2, 0.25) is 0 Å². The number of ether oxygens (including phenoxy) is 1. The molecule has 1 aliphatic heterocycles. The van der Waals surface area contributed by atoms with Crippen molar-refractivity contribution >= 4 is 0 Å². The van der Waals surface area contributed by atoms with Gasteiger partial charge in [0.1, 0.15) is 0 Å². The Labute approximate surface area is 47.4 Å². The second kappa shape index (κ2) is 1.74. The Morgan fingerprint density at radius 2 is 2.38 bits per heavy atom. The molecule has 0 fully saturated rings. The lowest BCUT2D eigenvalue weighted by Gasteiger charge is -2.04. The van der Waals surface area contributed by atoms with E-state index in [2.05, 4.69) is 6.58 Å². The predicted octanol–water partition coefficient (Wildman–Crippen LogP) is 1.49. The molecule has 1 aliphatic rings. The third-order valence-electron chi connectivity index (χ3n) is 0.829. The Hall–Kier alpha value is -1.18. The molecular formula is C6H6O2. The van der Waals surface area contributed by atoms with Crippen LogP contribution in [0.25, 0.3) is 0 Å². The van der Waals surface area contributed by atoms with Gasteiger partial charge >= 0.3 is 0 Å². The molecule has 0 unspecified atom stereocenters. The SMILES string of the molecule is C=C1OC=CC=C1O. The summed E-state index contributed by atoms with van der Waals surface area (Å²) in [5.41, 5.74) is 0. The quantitative estimate of drug-likeness (QED) is 0.511. The fourth-order valence-electron chi connectivity index (χ4n) is 0.405. The smallest absolute Gasteiger partial charge is 0.160 e. The highest BCUT2D eigenvalue weighted by Crippen LogP contribution is 2.09.